The summed E-state index contributed by atoms with van der Waals surface area (Å²) in [5.41, 5.74) is 1.70. The monoisotopic (exact) mass is 317 g/mol. The van der Waals surface area contributed by atoms with Gasteiger partial charge in [-0.25, -0.2) is 4.79 Å². The average Bonchev–Trinajstić information content (AvgIpc) is 2.95. The Kier molecular flexibility index (Phi) is 5.41. The summed E-state index contributed by atoms with van der Waals surface area (Å²) < 4.78 is 10.8. The average molecular weight is 317 g/mol. The van der Waals surface area contributed by atoms with E-state index in [0.717, 1.165) is 18.4 Å². The fourth-order valence-corrected chi connectivity index (χ4v) is 2.15. The third kappa shape index (κ3) is 4.60. The molecule has 1 heterocycles. The molecule has 2 rings (SSSR count). The summed E-state index contributed by atoms with van der Waals surface area (Å²) in [6, 6.07) is 8.53. The smallest absolute Gasteiger partial charge is 0.371 e. The number of amides is 1. The van der Waals surface area contributed by atoms with Crippen molar-refractivity contribution in [2.75, 3.05) is 5.32 Å². The highest BCUT2D eigenvalue weighted by atomic mass is 16.5. The Bertz CT molecular complexity index is 705. The standard InChI is InChI=1S/C17H19NO5/c1-3-4-12-5-7-15(14(9-12)18-11(2)19)22-10-13-6-8-16(23-13)17(20)21/h5-9H,3-4,10H2,1-2H3,(H,18,19)(H,20,21). The first-order chi connectivity index (χ1) is 11.0. The van der Waals surface area contributed by atoms with Crippen molar-refractivity contribution in [1.29, 1.82) is 0 Å². The molecule has 0 aliphatic carbocycles. The van der Waals surface area contributed by atoms with Gasteiger partial charge in [0.25, 0.3) is 0 Å². The van der Waals surface area contributed by atoms with E-state index in [4.69, 9.17) is 14.3 Å². The zero-order valence-electron chi connectivity index (χ0n) is 13.1. The summed E-state index contributed by atoms with van der Waals surface area (Å²) in [6.07, 6.45) is 1.91. The second-order valence-corrected chi connectivity index (χ2v) is 5.12. The van der Waals surface area contributed by atoms with Crippen LogP contribution in [0.3, 0.4) is 0 Å². The molecule has 0 fully saturated rings. The van der Waals surface area contributed by atoms with Crippen LogP contribution in [0.2, 0.25) is 0 Å². The second-order valence-electron chi connectivity index (χ2n) is 5.12. The van der Waals surface area contributed by atoms with E-state index in [1.165, 1.54) is 13.0 Å². The largest absolute Gasteiger partial charge is 0.483 e. The van der Waals surface area contributed by atoms with E-state index >= 15 is 0 Å². The number of aryl methyl sites for hydroxylation is 1. The predicted molar refractivity (Wildman–Crippen MR) is 84.7 cm³/mol. The number of benzene rings is 1. The first-order valence-corrected chi connectivity index (χ1v) is 7.35. The lowest BCUT2D eigenvalue weighted by atomic mass is 10.1. The molecule has 6 heteroatoms. The Labute approximate surface area is 134 Å². The Morgan fingerprint density at radius 3 is 2.65 bits per heavy atom. The maximum absolute atomic E-state index is 11.3. The number of carbonyl (C=O) groups excluding carboxylic acids is 1. The molecule has 0 saturated heterocycles. The molecule has 0 aliphatic heterocycles. The van der Waals surface area contributed by atoms with Gasteiger partial charge in [0.2, 0.25) is 11.7 Å². The Balaban J connectivity index is 2.13. The number of aromatic carboxylic acids is 1. The maximum atomic E-state index is 11.3. The Hall–Kier alpha value is -2.76. The summed E-state index contributed by atoms with van der Waals surface area (Å²) in [5, 5.41) is 11.6. The number of hydrogen-bond acceptors (Lipinski definition) is 4. The topological polar surface area (TPSA) is 88.8 Å². The number of hydrogen-bond donors (Lipinski definition) is 2. The molecule has 0 bridgehead atoms. The molecular weight excluding hydrogens is 298 g/mol. The van der Waals surface area contributed by atoms with E-state index < -0.39 is 5.97 Å². The molecule has 2 aromatic rings. The number of carbonyl (C=O) groups is 2. The van der Waals surface area contributed by atoms with Crippen molar-refractivity contribution in [1.82, 2.24) is 0 Å². The van der Waals surface area contributed by atoms with Crippen LogP contribution >= 0.6 is 0 Å². The highest BCUT2D eigenvalue weighted by Gasteiger charge is 2.11. The van der Waals surface area contributed by atoms with E-state index in [2.05, 4.69) is 12.2 Å². The van der Waals surface area contributed by atoms with Crippen molar-refractivity contribution in [2.24, 2.45) is 0 Å². The molecule has 0 saturated carbocycles. The number of nitrogens with one attached hydrogen (secondary N) is 1. The minimum absolute atomic E-state index is 0.0764. The third-order valence-corrected chi connectivity index (χ3v) is 3.14. The van der Waals surface area contributed by atoms with Gasteiger partial charge in [0.05, 0.1) is 5.69 Å². The summed E-state index contributed by atoms with van der Waals surface area (Å²) in [5.74, 6) is -0.542. The zero-order valence-corrected chi connectivity index (χ0v) is 13.1. The summed E-state index contributed by atoms with van der Waals surface area (Å²) in [6.45, 7) is 3.59. The summed E-state index contributed by atoms with van der Waals surface area (Å²) in [4.78, 5) is 22.1. The molecule has 0 spiro atoms. The van der Waals surface area contributed by atoms with Crippen LogP contribution < -0.4 is 10.1 Å². The Morgan fingerprint density at radius 2 is 2.04 bits per heavy atom. The highest BCUT2D eigenvalue weighted by molar-refractivity contribution is 5.90. The predicted octanol–water partition coefficient (Wildman–Crippen LogP) is 3.47. The maximum Gasteiger partial charge on any atom is 0.371 e. The van der Waals surface area contributed by atoms with Crippen molar-refractivity contribution in [3.63, 3.8) is 0 Å². The molecule has 1 aromatic heterocycles. The van der Waals surface area contributed by atoms with Gasteiger partial charge >= 0.3 is 5.97 Å². The van der Waals surface area contributed by atoms with Crippen LogP contribution in [0, 0.1) is 0 Å². The molecule has 0 unspecified atom stereocenters. The van der Waals surface area contributed by atoms with Crippen molar-refractivity contribution in [3.8, 4) is 5.75 Å². The molecule has 122 valence electrons. The lowest BCUT2D eigenvalue weighted by molar-refractivity contribution is -0.114. The Morgan fingerprint density at radius 1 is 1.26 bits per heavy atom. The van der Waals surface area contributed by atoms with Gasteiger partial charge in [-0.3, -0.25) is 4.79 Å². The number of furan rings is 1. The molecule has 2 N–H and O–H groups in total. The van der Waals surface area contributed by atoms with Crippen LogP contribution in [0.5, 0.6) is 5.75 Å². The second kappa shape index (κ2) is 7.49. The number of ether oxygens (including phenoxy) is 1. The van der Waals surface area contributed by atoms with E-state index in [0.29, 0.717) is 17.2 Å². The minimum atomic E-state index is -1.13. The van der Waals surface area contributed by atoms with Crippen molar-refractivity contribution in [3.05, 3.63) is 47.4 Å². The third-order valence-electron chi connectivity index (χ3n) is 3.14. The van der Waals surface area contributed by atoms with E-state index in [-0.39, 0.29) is 18.3 Å². The van der Waals surface area contributed by atoms with Gasteiger partial charge in [0.1, 0.15) is 18.1 Å². The molecule has 1 aromatic carbocycles. The van der Waals surface area contributed by atoms with Gasteiger partial charge in [0.15, 0.2) is 0 Å². The van der Waals surface area contributed by atoms with Crippen LogP contribution in [0.25, 0.3) is 0 Å². The number of carboxylic acid groups (broad SMARTS) is 1. The van der Waals surface area contributed by atoms with Crippen LogP contribution in [0.1, 0.15) is 42.1 Å². The SMILES string of the molecule is CCCc1ccc(OCc2ccc(C(=O)O)o2)c(NC(C)=O)c1. The molecule has 23 heavy (non-hydrogen) atoms. The van der Waals surface area contributed by atoms with E-state index in [1.54, 1.807) is 12.1 Å². The number of anilines is 1. The van der Waals surface area contributed by atoms with Gasteiger partial charge in [-0.2, -0.15) is 0 Å². The van der Waals surface area contributed by atoms with Crippen molar-refractivity contribution in [2.45, 2.75) is 33.3 Å². The van der Waals surface area contributed by atoms with Crippen LogP contribution in [-0.2, 0) is 17.8 Å². The van der Waals surface area contributed by atoms with Gasteiger partial charge in [-0.15, -0.1) is 0 Å². The fourth-order valence-electron chi connectivity index (χ4n) is 2.15. The van der Waals surface area contributed by atoms with Crippen LogP contribution in [-0.4, -0.2) is 17.0 Å². The molecule has 0 radical (unpaired) electrons. The fraction of sp³-hybridized carbons (Fsp3) is 0.294. The molecule has 6 nitrogen and oxygen atoms in total. The first kappa shape index (κ1) is 16.6. The van der Waals surface area contributed by atoms with Crippen molar-refractivity contribution < 1.29 is 23.8 Å². The zero-order chi connectivity index (χ0) is 16.8. The lowest BCUT2D eigenvalue weighted by Gasteiger charge is -2.12. The normalized spacial score (nSPS) is 10.3. The number of rotatable bonds is 7. The molecule has 0 atom stereocenters. The molecule has 1 amide bonds. The van der Waals surface area contributed by atoms with Crippen LogP contribution in [0.15, 0.2) is 34.7 Å². The van der Waals surface area contributed by atoms with E-state index in [1.807, 2.05) is 12.1 Å². The van der Waals surface area contributed by atoms with Crippen molar-refractivity contribution >= 4 is 17.6 Å². The van der Waals surface area contributed by atoms with Gasteiger partial charge < -0.3 is 19.6 Å². The highest BCUT2D eigenvalue weighted by Crippen LogP contribution is 2.27. The lowest BCUT2D eigenvalue weighted by Crippen LogP contribution is -2.08. The quantitative estimate of drug-likeness (QED) is 0.816. The summed E-state index contributed by atoms with van der Waals surface area (Å²) in [7, 11) is 0. The van der Waals surface area contributed by atoms with Gasteiger partial charge in [-0.1, -0.05) is 19.4 Å². The molecular formula is C17H19NO5. The minimum Gasteiger partial charge on any atom is -0.483 e. The molecule has 0 aliphatic rings. The number of carboxylic acids is 1. The van der Waals surface area contributed by atoms with Gasteiger partial charge in [-0.05, 0) is 36.2 Å². The van der Waals surface area contributed by atoms with Gasteiger partial charge in [0, 0.05) is 6.92 Å². The first-order valence-electron chi connectivity index (χ1n) is 7.35. The van der Waals surface area contributed by atoms with Crippen LogP contribution in [0.4, 0.5) is 5.69 Å². The summed E-state index contributed by atoms with van der Waals surface area (Å²) >= 11 is 0. The van der Waals surface area contributed by atoms with E-state index in [9.17, 15) is 9.59 Å².